The van der Waals surface area contributed by atoms with Crippen molar-refractivity contribution in [2.45, 2.75) is 13.0 Å². The zero-order chi connectivity index (χ0) is 19.7. The fourth-order valence-electron chi connectivity index (χ4n) is 3.20. The van der Waals surface area contributed by atoms with Gasteiger partial charge in [-0.25, -0.2) is 4.98 Å². The van der Waals surface area contributed by atoms with Crippen molar-refractivity contribution in [2.75, 3.05) is 5.32 Å². The summed E-state index contributed by atoms with van der Waals surface area (Å²) in [5.41, 5.74) is 2.97. The molecule has 2 aromatic heterocycles. The van der Waals surface area contributed by atoms with Gasteiger partial charge in [0.2, 0.25) is 0 Å². The molecule has 4 nitrogen and oxygen atoms in total. The van der Waals surface area contributed by atoms with E-state index in [-0.39, 0.29) is 5.75 Å². The second kappa shape index (κ2) is 7.66. The molecule has 0 bridgehead atoms. The number of pyridine rings is 2. The van der Waals surface area contributed by atoms with Crippen LogP contribution in [0.25, 0.3) is 10.9 Å². The predicted molar refractivity (Wildman–Crippen MR) is 114 cm³/mol. The van der Waals surface area contributed by atoms with Gasteiger partial charge in [0.25, 0.3) is 0 Å². The zero-order valence-electron chi connectivity index (χ0n) is 15.0. The number of phenols is 1. The Morgan fingerprint density at radius 3 is 2.61 bits per heavy atom. The first-order chi connectivity index (χ1) is 13.5. The van der Waals surface area contributed by atoms with Gasteiger partial charge >= 0.3 is 0 Å². The van der Waals surface area contributed by atoms with Crippen molar-refractivity contribution in [1.82, 2.24) is 9.97 Å². The molecule has 4 aromatic rings. The highest BCUT2D eigenvalue weighted by Gasteiger charge is 2.23. The number of phenolic OH excluding ortho intramolecular Hbond substituents is 1. The number of rotatable bonds is 4. The van der Waals surface area contributed by atoms with Gasteiger partial charge in [-0.05, 0) is 54.4 Å². The lowest BCUT2D eigenvalue weighted by atomic mass is 9.96. The number of nitrogens with one attached hydrogen (secondary N) is 1. The lowest BCUT2D eigenvalue weighted by molar-refractivity contribution is 0.471. The number of benzene rings is 2. The molecule has 0 spiro atoms. The van der Waals surface area contributed by atoms with Gasteiger partial charge in [0.05, 0.1) is 6.04 Å². The number of anilines is 1. The maximum absolute atomic E-state index is 11.0. The largest absolute Gasteiger partial charge is 0.505 e. The molecule has 1 unspecified atom stereocenters. The number of hydrogen-bond donors (Lipinski definition) is 2. The average Bonchev–Trinajstić information content (AvgIpc) is 2.69. The van der Waals surface area contributed by atoms with E-state index in [2.05, 4.69) is 15.3 Å². The first-order valence-electron chi connectivity index (χ1n) is 8.73. The quantitative estimate of drug-likeness (QED) is 0.424. The highest BCUT2D eigenvalue weighted by Crippen LogP contribution is 2.39. The minimum atomic E-state index is -0.466. The summed E-state index contributed by atoms with van der Waals surface area (Å²) in [6.45, 7) is 1.99. The van der Waals surface area contributed by atoms with E-state index in [9.17, 15) is 5.11 Å². The summed E-state index contributed by atoms with van der Waals surface area (Å²) in [7, 11) is 0. The van der Waals surface area contributed by atoms with Crippen LogP contribution < -0.4 is 5.32 Å². The van der Waals surface area contributed by atoms with E-state index in [1.165, 1.54) is 0 Å². The molecule has 0 amide bonds. The van der Waals surface area contributed by atoms with Crippen LogP contribution in [-0.2, 0) is 0 Å². The summed E-state index contributed by atoms with van der Waals surface area (Å²) in [6.07, 6.45) is 3.39. The molecule has 1 atom stereocenters. The van der Waals surface area contributed by atoms with E-state index < -0.39 is 6.04 Å². The van der Waals surface area contributed by atoms with Crippen LogP contribution >= 0.6 is 23.2 Å². The lowest BCUT2D eigenvalue weighted by Gasteiger charge is -2.23. The Labute approximate surface area is 172 Å². The minimum Gasteiger partial charge on any atom is -0.505 e. The van der Waals surface area contributed by atoms with Gasteiger partial charge in [0, 0.05) is 33.4 Å². The van der Waals surface area contributed by atoms with E-state index in [0.29, 0.717) is 26.9 Å². The Bertz CT molecular complexity index is 1160. The molecule has 0 aliphatic rings. The van der Waals surface area contributed by atoms with Gasteiger partial charge in [-0.15, -0.1) is 0 Å². The molecule has 2 heterocycles. The summed E-state index contributed by atoms with van der Waals surface area (Å²) in [5, 5.41) is 16.3. The van der Waals surface area contributed by atoms with Crippen molar-refractivity contribution in [3.63, 3.8) is 0 Å². The van der Waals surface area contributed by atoms with Crippen LogP contribution in [0.3, 0.4) is 0 Å². The van der Waals surface area contributed by atoms with Crippen LogP contribution in [0.2, 0.25) is 10.0 Å². The third-order valence-corrected chi connectivity index (χ3v) is 5.15. The molecule has 28 heavy (non-hydrogen) atoms. The molecule has 0 saturated carbocycles. The normalized spacial score (nSPS) is 12.1. The highest BCUT2D eigenvalue weighted by molar-refractivity contribution is 6.33. The molecule has 0 aliphatic heterocycles. The Kier molecular flexibility index (Phi) is 5.07. The SMILES string of the molecule is Cc1ccnc(NC(c2cc(Cl)ccc2Cl)c2ccc3cccnc3c2O)c1. The summed E-state index contributed by atoms with van der Waals surface area (Å²) in [4.78, 5) is 8.72. The number of aromatic nitrogens is 2. The monoisotopic (exact) mass is 409 g/mol. The summed E-state index contributed by atoms with van der Waals surface area (Å²) >= 11 is 12.7. The van der Waals surface area contributed by atoms with Crippen molar-refractivity contribution in [3.8, 4) is 5.75 Å². The molecule has 0 radical (unpaired) electrons. The second-order valence-electron chi connectivity index (χ2n) is 6.54. The van der Waals surface area contributed by atoms with Crippen LogP contribution in [-0.4, -0.2) is 15.1 Å². The van der Waals surface area contributed by atoms with E-state index >= 15 is 0 Å². The first kappa shape index (κ1) is 18.5. The highest BCUT2D eigenvalue weighted by atomic mass is 35.5. The van der Waals surface area contributed by atoms with Gasteiger partial charge in [-0.1, -0.05) is 41.4 Å². The van der Waals surface area contributed by atoms with Gasteiger partial charge < -0.3 is 10.4 Å². The topological polar surface area (TPSA) is 58.0 Å². The summed E-state index contributed by atoms with van der Waals surface area (Å²) < 4.78 is 0. The van der Waals surface area contributed by atoms with Crippen LogP contribution in [0.5, 0.6) is 5.75 Å². The molecule has 0 aliphatic carbocycles. The molecule has 0 saturated heterocycles. The number of aromatic hydroxyl groups is 1. The second-order valence-corrected chi connectivity index (χ2v) is 7.38. The van der Waals surface area contributed by atoms with Crippen molar-refractivity contribution in [2.24, 2.45) is 0 Å². The number of halogens is 2. The zero-order valence-corrected chi connectivity index (χ0v) is 16.5. The van der Waals surface area contributed by atoms with Crippen molar-refractivity contribution in [1.29, 1.82) is 0 Å². The molecule has 0 fully saturated rings. The van der Waals surface area contributed by atoms with Crippen LogP contribution in [0, 0.1) is 6.92 Å². The Morgan fingerprint density at radius 2 is 1.79 bits per heavy atom. The van der Waals surface area contributed by atoms with Crippen molar-refractivity contribution in [3.05, 3.63) is 93.7 Å². The number of aryl methyl sites for hydroxylation is 1. The van der Waals surface area contributed by atoms with E-state index in [1.807, 2.05) is 43.3 Å². The molecular weight excluding hydrogens is 393 g/mol. The molecule has 140 valence electrons. The van der Waals surface area contributed by atoms with Gasteiger partial charge in [-0.3, -0.25) is 4.98 Å². The lowest BCUT2D eigenvalue weighted by Crippen LogP contribution is -2.14. The van der Waals surface area contributed by atoms with E-state index in [4.69, 9.17) is 23.2 Å². The maximum Gasteiger partial charge on any atom is 0.147 e. The summed E-state index contributed by atoms with van der Waals surface area (Å²) in [6, 6.07) is 16.2. The first-order valence-corrected chi connectivity index (χ1v) is 9.49. The predicted octanol–water partition coefficient (Wildman–Crippen LogP) is 6.15. The Morgan fingerprint density at radius 1 is 0.929 bits per heavy atom. The molecule has 4 rings (SSSR count). The standard InChI is InChI=1S/C22H17Cl2N3O/c1-13-8-10-25-19(11-13)27-21(17-12-15(23)5-7-18(17)24)16-6-4-14-3-2-9-26-20(14)22(16)28/h2-12,21,28H,1H3,(H,25,27). The van der Waals surface area contributed by atoms with Crippen LogP contribution in [0.15, 0.2) is 67.0 Å². The molecule has 2 N–H and O–H groups in total. The van der Waals surface area contributed by atoms with Crippen molar-refractivity contribution < 1.29 is 5.11 Å². The van der Waals surface area contributed by atoms with E-state index in [1.54, 1.807) is 30.6 Å². The Hall–Kier alpha value is -2.82. The van der Waals surface area contributed by atoms with Crippen molar-refractivity contribution >= 4 is 39.9 Å². The van der Waals surface area contributed by atoms with Gasteiger partial charge in [-0.2, -0.15) is 0 Å². The average molecular weight is 410 g/mol. The number of fused-ring (bicyclic) bond motifs is 1. The number of hydrogen-bond acceptors (Lipinski definition) is 4. The fraction of sp³-hybridized carbons (Fsp3) is 0.0909. The number of nitrogens with zero attached hydrogens (tertiary/aromatic N) is 2. The van der Waals surface area contributed by atoms with E-state index in [0.717, 1.165) is 16.5 Å². The molecular formula is C22H17Cl2N3O. The maximum atomic E-state index is 11.0. The fourth-order valence-corrected chi connectivity index (χ4v) is 3.61. The third-order valence-electron chi connectivity index (χ3n) is 4.57. The smallest absolute Gasteiger partial charge is 0.147 e. The Balaban J connectivity index is 1.90. The summed E-state index contributed by atoms with van der Waals surface area (Å²) in [5.74, 6) is 0.765. The van der Waals surface area contributed by atoms with Gasteiger partial charge in [0.15, 0.2) is 0 Å². The molecule has 2 aromatic carbocycles. The third kappa shape index (κ3) is 3.61. The van der Waals surface area contributed by atoms with Crippen LogP contribution in [0.4, 0.5) is 5.82 Å². The van der Waals surface area contributed by atoms with Crippen LogP contribution in [0.1, 0.15) is 22.7 Å². The minimum absolute atomic E-state index is 0.0966. The molecule has 6 heteroatoms. The van der Waals surface area contributed by atoms with Gasteiger partial charge in [0.1, 0.15) is 17.1 Å².